The smallest absolute Gasteiger partial charge is 0.225 e. The first-order valence-corrected chi connectivity index (χ1v) is 9.01. The van der Waals surface area contributed by atoms with E-state index in [2.05, 4.69) is 21.9 Å². The van der Waals surface area contributed by atoms with E-state index in [-0.39, 0.29) is 18.9 Å². The van der Waals surface area contributed by atoms with Gasteiger partial charge >= 0.3 is 0 Å². The average Bonchev–Trinajstić information content (AvgIpc) is 3.06. The van der Waals surface area contributed by atoms with Crippen LogP contribution in [-0.4, -0.2) is 66.2 Å². The lowest BCUT2D eigenvalue weighted by molar-refractivity contribution is -0.136. The first kappa shape index (κ1) is 15.9. The van der Waals surface area contributed by atoms with E-state index in [9.17, 15) is 9.90 Å². The van der Waals surface area contributed by atoms with Crippen molar-refractivity contribution in [3.05, 3.63) is 29.8 Å². The van der Waals surface area contributed by atoms with Crippen LogP contribution < -0.4 is 4.74 Å². The van der Waals surface area contributed by atoms with Crippen molar-refractivity contribution in [2.45, 2.75) is 37.3 Å². The summed E-state index contributed by atoms with van der Waals surface area (Å²) < 4.78 is 5.40. The molecule has 0 aliphatic carbocycles. The van der Waals surface area contributed by atoms with E-state index in [1.807, 2.05) is 12.1 Å². The van der Waals surface area contributed by atoms with E-state index in [1.165, 1.54) is 18.4 Å². The molecule has 4 fully saturated rings. The highest BCUT2D eigenvalue weighted by Crippen LogP contribution is 2.47. The normalized spacial score (nSPS) is 34.2. The van der Waals surface area contributed by atoms with E-state index in [4.69, 9.17) is 4.74 Å². The molecule has 3 atom stereocenters. The Hall–Kier alpha value is -1.59. The molecule has 0 saturated carbocycles. The van der Waals surface area contributed by atoms with Crippen LogP contribution in [0.25, 0.3) is 0 Å². The summed E-state index contributed by atoms with van der Waals surface area (Å²) in [6, 6.07) is 9.00. The van der Waals surface area contributed by atoms with Crippen molar-refractivity contribution in [2.75, 3.05) is 33.4 Å². The number of hydrogen-bond donors (Lipinski definition) is 1. The molecule has 1 amide bonds. The molecule has 1 aromatic rings. The molecule has 2 bridgehead atoms. The van der Waals surface area contributed by atoms with E-state index in [0.29, 0.717) is 23.9 Å². The summed E-state index contributed by atoms with van der Waals surface area (Å²) in [6.45, 7) is 2.99. The number of aliphatic hydroxyl groups is 1. The molecule has 5 heteroatoms. The van der Waals surface area contributed by atoms with E-state index in [0.717, 1.165) is 25.4 Å². The van der Waals surface area contributed by atoms with Crippen molar-refractivity contribution < 1.29 is 14.6 Å². The highest BCUT2D eigenvalue weighted by Gasteiger charge is 2.54. The van der Waals surface area contributed by atoms with Crippen LogP contribution in [0, 0.1) is 5.92 Å². The van der Waals surface area contributed by atoms with Gasteiger partial charge in [0.2, 0.25) is 5.91 Å². The van der Waals surface area contributed by atoms with Crippen molar-refractivity contribution in [2.24, 2.45) is 5.92 Å². The monoisotopic (exact) mass is 330 g/mol. The second kappa shape index (κ2) is 6.37. The molecule has 4 aliphatic rings. The molecule has 4 aliphatic heterocycles. The third kappa shape index (κ3) is 2.50. The second-order valence-electron chi connectivity index (χ2n) is 7.26. The van der Waals surface area contributed by atoms with Crippen LogP contribution in [-0.2, 0) is 4.79 Å². The van der Waals surface area contributed by atoms with Gasteiger partial charge in [-0.3, -0.25) is 9.69 Å². The van der Waals surface area contributed by atoms with Gasteiger partial charge in [0.05, 0.1) is 19.8 Å². The highest BCUT2D eigenvalue weighted by atomic mass is 16.5. The van der Waals surface area contributed by atoms with Crippen LogP contribution in [0.1, 0.15) is 30.7 Å². The molecule has 5 rings (SSSR count). The maximum absolute atomic E-state index is 12.6. The molecule has 130 valence electrons. The molecule has 4 heterocycles. The molecule has 5 nitrogen and oxygen atoms in total. The number of aliphatic hydroxyl groups excluding tert-OH is 1. The number of carbonyl (C=O) groups is 1. The van der Waals surface area contributed by atoms with Gasteiger partial charge in [-0.25, -0.2) is 0 Å². The van der Waals surface area contributed by atoms with Gasteiger partial charge in [-0.05, 0) is 49.5 Å². The van der Waals surface area contributed by atoms with Crippen molar-refractivity contribution in [3.8, 4) is 5.75 Å². The number of nitrogens with zero attached hydrogens (tertiary/aromatic N) is 2. The van der Waals surface area contributed by atoms with Gasteiger partial charge in [-0.2, -0.15) is 0 Å². The molecule has 0 aromatic heterocycles. The Morgan fingerprint density at radius 2 is 2.08 bits per heavy atom. The van der Waals surface area contributed by atoms with Crippen molar-refractivity contribution in [1.29, 1.82) is 0 Å². The summed E-state index contributed by atoms with van der Waals surface area (Å²) in [7, 11) is 1.69. The number of carbonyl (C=O) groups excluding carboxylic acids is 1. The largest absolute Gasteiger partial charge is 0.497 e. The topological polar surface area (TPSA) is 53.0 Å². The van der Waals surface area contributed by atoms with E-state index >= 15 is 0 Å². The fourth-order valence-corrected chi connectivity index (χ4v) is 5.11. The number of rotatable bonds is 4. The predicted octanol–water partition coefficient (Wildman–Crippen LogP) is 1.47. The van der Waals surface area contributed by atoms with Gasteiger partial charge < -0.3 is 14.7 Å². The number of hydrogen-bond acceptors (Lipinski definition) is 4. The van der Waals surface area contributed by atoms with Gasteiger partial charge in [0.25, 0.3) is 0 Å². The summed E-state index contributed by atoms with van der Waals surface area (Å²) in [5.74, 6) is 1.92. The van der Waals surface area contributed by atoms with Crippen LogP contribution in [0.5, 0.6) is 5.75 Å². The van der Waals surface area contributed by atoms with Crippen molar-refractivity contribution in [1.82, 2.24) is 9.80 Å². The summed E-state index contributed by atoms with van der Waals surface area (Å²) in [5.41, 5.74) is 1.26. The summed E-state index contributed by atoms with van der Waals surface area (Å²) >= 11 is 0. The number of methoxy groups -OCH3 is 1. The Labute approximate surface area is 143 Å². The number of amides is 1. The molecule has 4 saturated heterocycles. The zero-order chi connectivity index (χ0) is 16.7. The van der Waals surface area contributed by atoms with Gasteiger partial charge in [0, 0.05) is 24.9 Å². The fraction of sp³-hybridized carbons (Fsp3) is 0.632. The highest BCUT2D eigenvalue weighted by molar-refractivity contribution is 5.77. The molecular formula is C19H26N2O3. The Balaban J connectivity index is 1.68. The van der Waals surface area contributed by atoms with E-state index < -0.39 is 0 Å². The van der Waals surface area contributed by atoms with Gasteiger partial charge in [-0.15, -0.1) is 0 Å². The molecule has 0 radical (unpaired) electrons. The van der Waals surface area contributed by atoms with Crippen LogP contribution in [0.2, 0.25) is 0 Å². The fourth-order valence-electron chi connectivity index (χ4n) is 5.11. The number of ether oxygens (including phenoxy) is 1. The van der Waals surface area contributed by atoms with Crippen molar-refractivity contribution in [3.63, 3.8) is 0 Å². The maximum Gasteiger partial charge on any atom is 0.225 e. The lowest BCUT2D eigenvalue weighted by atomic mass is 9.75. The zero-order valence-electron chi connectivity index (χ0n) is 14.2. The molecule has 24 heavy (non-hydrogen) atoms. The standard InChI is InChI=1S/C19H26N2O3/c1-24-15-4-2-3-14(11-15)16-12-21(17(23)7-10-22)18-13-5-8-20(9-6-13)19(16)18/h2-4,11,13,16,18-19,22H,5-10,12H2,1H3/t16-,18-,19-/m1/s1. The quantitative estimate of drug-likeness (QED) is 0.908. The van der Waals surface area contributed by atoms with Gasteiger partial charge in [0.1, 0.15) is 5.75 Å². The minimum Gasteiger partial charge on any atom is -0.497 e. The Bertz CT molecular complexity index is 612. The minimum atomic E-state index is -0.0646. The third-order valence-corrected chi connectivity index (χ3v) is 6.16. The minimum absolute atomic E-state index is 0.0646. The summed E-state index contributed by atoms with van der Waals surface area (Å²) in [6.07, 6.45) is 2.62. The van der Waals surface area contributed by atoms with Gasteiger partial charge in [-0.1, -0.05) is 12.1 Å². The van der Waals surface area contributed by atoms with Crippen LogP contribution in [0.15, 0.2) is 24.3 Å². The average molecular weight is 330 g/mol. The lowest BCUT2D eigenvalue weighted by Crippen LogP contribution is -2.60. The number of likely N-dealkylation sites (tertiary alicyclic amines) is 1. The maximum atomic E-state index is 12.6. The Kier molecular flexibility index (Phi) is 4.22. The third-order valence-electron chi connectivity index (χ3n) is 6.16. The molecule has 0 unspecified atom stereocenters. The number of benzene rings is 1. The summed E-state index contributed by atoms with van der Waals surface area (Å²) in [5, 5.41) is 9.20. The predicted molar refractivity (Wildman–Crippen MR) is 91.0 cm³/mol. The van der Waals surface area contributed by atoms with Crippen LogP contribution in [0.3, 0.4) is 0 Å². The number of fused-ring (bicyclic) bond motifs is 2. The van der Waals surface area contributed by atoms with Gasteiger partial charge in [0.15, 0.2) is 0 Å². The van der Waals surface area contributed by atoms with E-state index in [1.54, 1.807) is 7.11 Å². The van der Waals surface area contributed by atoms with Crippen molar-refractivity contribution >= 4 is 5.91 Å². The molecule has 1 aromatic carbocycles. The Morgan fingerprint density at radius 1 is 1.29 bits per heavy atom. The molecule has 1 N–H and O–H groups in total. The molecular weight excluding hydrogens is 304 g/mol. The van der Waals surface area contributed by atoms with Crippen LogP contribution >= 0.6 is 0 Å². The first-order chi connectivity index (χ1) is 11.7. The first-order valence-electron chi connectivity index (χ1n) is 9.01. The number of piperidine rings is 3. The SMILES string of the molecule is COc1cccc([C@H]2CN(C(=O)CCO)[C@@H]3C4CCN(CC4)[C@H]23)c1. The molecule has 0 spiro atoms. The zero-order valence-corrected chi connectivity index (χ0v) is 14.2. The summed E-state index contributed by atoms with van der Waals surface area (Å²) in [4.78, 5) is 17.3. The second-order valence-corrected chi connectivity index (χ2v) is 7.26. The lowest BCUT2D eigenvalue weighted by Gasteiger charge is -2.51. The Morgan fingerprint density at radius 3 is 2.79 bits per heavy atom. The van der Waals surface area contributed by atoms with Crippen LogP contribution in [0.4, 0.5) is 0 Å².